The van der Waals surface area contributed by atoms with Gasteiger partial charge in [0.2, 0.25) is 0 Å². The summed E-state index contributed by atoms with van der Waals surface area (Å²) >= 11 is 0. The summed E-state index contributed by atoms with van der Waals surface area (Å²) in [6.07, 6.45) is 5.35. The molecule has 1 aromatic carbocycles. The highest BCUT2D eigenvalue weighted by Crippen LogP contribution is 2.13. The maximum Gasteiger partial charge on any atom is 0.338 e. The second-order valence-corrected chi connectivity index (χ2v) is 6.49. The third-order valence-electron chi connectivity index (χ3n) is 4.05. The molecule has 1 atom stereocenters. The Hall–Kier alpha value is -1.84. The van der Waals surface area contributed by atoms with Crippen LogP contribution in [0.5, 0.6) is 0 Å². The van der Waals surface area contributed by atoms with Gasteiger partial charge in [-0.3, -0.25) is 0 Å². The van der Waals surface area contributed by atoms with Crippen molar-refractivity contribution in [1.29, 1.82) is 0 Å². The highest BCUT2D eigenvalue weighted by Gasteiger charge is 2.16. The molecule has 0 amide bonds. The molecule has 0 bridgehead atoms. The molecule has 0 saturated heterocycles. The van der Waals surface area contributed by atoms with E-state index in [1.54, 1.807) is 18.2 Å². The number of unbranched alkanes of at least 4 members (excludes halogenated alkanes) is 4. The summed E-state index contributed by atoms with van der Waals surface area (Å²) in [5, 5.41) is 0. The highest BCUT2D eigenvalue weighted by atomic mass is 16.5. The Balaban J connectivity index is 2.51. The summed E-state index contributed by atoms with van der Waals surface area (Å²) in [5.74, 6) is -0.558. The molecule has 0 radical (unpaired) electrons. The van der Waals surface area contributed by atoms with E-state index >= 15 is 0 Å². The van der Waals surface area contributed by atoms with E-state index in [4.69, 9.17) is 9.47 Å². The maximum absolute atomic E-state index is 12.1. The van der Waals surface area contributed by atoms with Crippen molar-refractivity contribution in [3.8, 4) is 0 Å². The van der Waals surface area contributed by atoms with Gasteiger partial charge in [0.15, 0.2) is 0 Å². The van der Waals surface area contributed by atoms with Gasteiger partial charge in [0.05, 0.1) is 17.7 Å². The molecule has 24 heavy (non-hydrogen) atoms. The molecule has 0 fully saturated rings. The summed E-state index contributed by atoms with van der Waals surface area (Å²) < 4.78 is 10.6. The van der Waals surface area contributed by atoms with Gasteiger partial charge in [0.25, 0.3) is 0 Å². The van der Waals surface area contributed by atoms with E-state index in [-0.39, 0.29) is 12.0 Å². The molecule has 4 heteroatoms. The normalized spacial score (nSPS) is 12.0. The van der Waals surface area contributed by atoms with Crippen LogP contribution in [0, 0.1) is 5.92 Å². The molecule has 0 aromatic heterocycles. The van der Waals surface area contributed by atoms with Gasteiger partial charge in [-0.1, -0.05) is 52.5 Å². The number of benzene rings is 1. The molecular weight excluding hydrogens is 304 g/mol. The van der Waals surface area contributed by atoms with Crippen molar-refractivity contribution in [3.63, 3.8) is 0 Å². The topological polar surface area (TPSA) is 52.6 Å². The first kappa shape index (κ1) is 20.2. The molecular formula is C20H30O4. The SMILES string of the molecule is CCCCCCCOC(=O)c1cccc(C(=O)OC(C)C(C)C)c1. The fourth-order valence-electron chi connectivity index (χ4n) is 2.10. The fourth-order valence-corrected chi connectivity index (χ4v) is 2.10. The first-order valence-electron chi connectivity index (χ1n) is 8.93. The van der Waals surface area contributed by atoms with Crippen molar-refractivity contribution in [2.45, 2.75) is 65.9 Å². The van der Waals surface area contributed by atoms with Crippen LogP contribution in [0.25, 0.3) is 0 Å². The number of hydrogen-bond acceptors (Lipinski definition) is 4. The van der Waals surface area contributed by atoms with Gasteiger partial charge < -0.3 is 9.47 Å². The smallest absolute Gasteiger partial charge is 0.338 e. The summed E-state index contributed by atoms with van der Waals surface area (Å²) in [5.41, 5.74) is 0.759. The second-order valence-electron chi connectivity index (χ2n) is 6.49. The van der Waals surface area contributed by atoms with Gasteiger partial charge in [-0.2, -0.15) is 0 Å². The van der Waals surface area contributed by atoms with Crippen LogP contribution in [0.1, 0.15) is 80.5 Å². The van der Waals surface area contributed by atoms with Crippen molar-refractivity contribution < 1.29 is 19.1 Å². The van der Waals surface area contributed by atoms with Crippen molar-refractivity contribution in [1.82, 2.24) is 0 Å². The van der Waals surface area contributed by atoms with Gasteiger partial charge in [-0.05, 0) is 37.5 Å². The van der Waals surface area contributed by atoms with Gasteiger partial charge >= 0.3 is 11.9 Å². The van der Waals surface area contributed by atoms with Crippen molar-refractivity contribution in [2.75, 3.05) is 6.61 Å². The molecule has 0 aliphatic carbocycles. The number of ether oxygens (including phenoxy) is 2. The van der Waals surface area contributed by atoms with Crippen LogP contribution >= 0.6 is 0 Å². The van der Waals surface area contributed by atoms with Gasteiger partial charge in [0, 0.05) is 0 Å². The molecule has 1 aromatic rings. The lowest BCUT2D eigenvalue weighted by molar-refractivity contribution is 0.0238. The second kappa shape index (κ2) is 10.8. The quantitative estimate of drug-likeness (QED) is 0.445. The summed E-state index contributed by atoms with van der Waals surface area (Å²) in [6, 6.07) is 6.52. The van der Waals surface area contributed by atoms with Gasteiger partial charge in [-0.15, -0.1) is 0 Å². The molecule has 0 aliphatic rings. The molecule has 0 heterocycles. The number of esters is 2. The zero-order chi connectivity index (χ0) is 17.9. The molecule has 4 nitrogen and oxygen atoms in total. The van der Waals surface area contributed by atoms with Crippen molar-refractivity contribution in [3.05, 3.63) is 35.4 Å². The number of carbonyl (C=O) groups is 2. The van der Waals surface area contributed by atoms with E-state index in [2.05, 4.69) is 6.92 Å². The van der Waals surface area contributed by atoms with E-state index in [9.17, 15) is 9.59 Å². The predicted molar refractivity (Wildman–Crippen MR) is 95.2 cm³/mol. The van der Waals surface area contributed by atoms with Crippen molar-refractivity contribution >= 4 is 11.9 Å². The summed E-state index contributed by atoms with van der Waals surface area (Å²) in [6.45, 7) is 8.43. The van der Waals surface area contributed by atoms with E-state index in [0.29, 0.717) is 17.7 Å². The van der Waals surface area contributed by atoms with Crippen LogP contribution < -0.4 is 0 Å². The molecule has 134 valence electrons. The van der Waals surface area contributed by atoms with E-state index in [1.807, 2.05) is 20.8 Å². The van der Waals surface area contributed by atoms with Gasteiger partial charge in [-0.25, -0.2) is 9.59 Å². The summed E-state index contributed by atoms with van der Waals surface area (Å²) in [7, 11) is 0. The number of rotatable bonds is 10. The number of hydrogen-bond donors (Lipinski definition) is 0. The monoisotopic (exact) mass is 334 g/mol. The van der Waals surface area contributed by atoms with Crippen LogP contribution in [0.4, 0.5) is 0 Å². The van der Waals surface area contributed by atoms with Gasteiger partial charge in [0.1, 0.15) is 6.10 Å². The standard InChI is InChI=1S/C20H30O4/c1-5-6-7-8-9-13-23-19(21)17-11-10-12-18(14-17)20(22)24-16(4)15(2)3/h10-12,14-16H,5-9,13H2,1-4H3. The highest BCUT2D eigenvalue weighted by molar-refractivity contribution is 5.95. The molecule has 1 rings (SSSR count). The minimum absolute atomic E-state index is 0.170. The zero-order valence-electron chi connectivity index (χ0n) is 15.3. The Morgan fingerprint density at radius 3 is 2.21 bits per heavy atom. The van der Waals surface area contributed by atoms with E-state index in [0.717, 1.165) is 12.8 Å². The predicted octanol–water partition coefficient (Wildman–Crippen LogP) is 5.02. The Bertz CT molecular complexity index is 522. The van der Waals surface area contributed by atoms with Crippen LogP contribution in [-0.2, 0) is 9.47 Å². The lowest BCUT2D eigenvalue weighted by Gasteiger charge is -2.16. The molecule has 0 aliphatic heterocycles. The lowest BCUT2D eigenvalue weighted by atomic mass is 10.1. The van der Waals surface area contributed by atoms with E-state index < -0.39 is 11.9 Å². The first-order chi connectivity index (χ1) is 11.5. The molecule has 0 saturated carbocycles. The third kappa shape index (κ3) is 7.16. The van der Waals surface area contributed by atoms with Crippen LogP contribution in [0.15, 0.2) is 24.3 Å². The Kier molecular flexibility index (Phi) is 9.13. The number of carbonyl (C=O) groups excluding carboxylic acids is 2. The Morgan fingerprint density at radius 1 is 0.958 bits per heavy atom. The maximum atomic E-state index is 12.1. The molecule has 0 N–H and O–H groups in total. The third-order valence-corrected chi connectivity index (χ3v) is 4.05. The molecule has 1 unspecified atom stereocenters. The fraction of sp³-hybridized carbons (Fsp3) is 0.600. The van der Waals surface area contributed by atoms with E-state index in [1.165, 1.54) is 25.3 Å². The Morgan fingerprint density at radius 2 is 1.58 bits per heavy atom. The van der Waals surface area contributed by atoms with Crippen LogP contribution in [-0.4, -0.2) is 24.6 Å². The van der Waals surface area contributed by atoms with Crippen LogP contribution in [0.3, 0.4) is 0 Å². The van der Waals surface area contributed by atoms with Crippen LogP contribution in [0.2, 0.25) is 0 Å². The Labute approximate surface area is 145 Å². The average Bonchev–Trinajstić information content (AvgIpc) is 2.57. The first-order valence-corrected chi connectivity index (χ1v) is 8.93. The lowest BCUT2D eigenvalue weighted by Crippen LogP contribution is -2.20. The largest absolute Gasteiger partial charge is 0.462 e. The molecule has 0 spiro atoms. The average molecular weight is 334 g/mol. The summed E-state index contributed by atoms with van der Waals surface area (Å²) in [4.78, 5) is 24.2. The minimum Gasteiger partial charge on any atom is -0.462 e. The van der Waals surface area contributed by atoms with Crippen molar-refractivity contribution in [2.24, 2.45) is 5.92 Å². The zero-order valence-corrected chi connectivity index (χ0v) is 15.3. The minimum atomic E-state index is -0.412.